The summed E-state index contributed by atoms with van der Waals surface area (Å²) < 4.78 is 8.76. The summed E-state index contributed by atoms with van der Waals surface area (Å²) in [6.45, 7) is 9.56. The SMILES string of the molecule is CCn1nc(C)c(Br)c1CNc1cccnc1OC(C)C. The van der Waals surface area contributed by atoms with Gasteiger partial charge in [0.05, 0.1) is 34.2 Å². The Labute approximate surface area is 133 Å². The molecule has 0 saturated carbocycles. The molecule has 1 N–H and O–H groups in total. The molecule has 2 aromatic rings. The molecule has 0 aromatic carbocycles. The second kappa shape index (κ2) is 6.93. The van der Waals surface area contributed by atoms with Gasteiger partial charge in [-0.15, -0.1) is 0 Å². The van der Waals surface area contributed by atoms with Crippen molar-refractivity contribution >= 4 is 21.6 Å². The Kier molecular flexibility index (Phi) is 5.22. The number of hydrogen-bond acceptors (Lipinski definition) is 4. The lowest BCUT2D eigenvalue weighted by atomic mass is 10.3. The Hall–Kier alpha value is -1.56. The molecular weight excluding hydrogens is 332 g/mol. The van der Waals surface area contributed by atoms with Crippen LogP contribution in [0, 0.1) is 6.92 Å². The minimum absolute atomic E-state index is 0.0931. The second-order valence-electron chi connectivity index (χ2n) is 5.04. The maximum absolute atomic E-state index is 5.72. The third kappa shape index (κ3) is 3.75. The van der Waals surface area contributed by atoms with Gasteiger partial charge in [0, 0.05) is 12.7 Å². The van der Waals surface area contributed by atoms with Gasteiger partial charge in [-0.05, 0) is 55.8 Å². The summed E-state index contributed by atoms with van der Waals surface area (Å²) in [5, 5.41) is 7.88. The molecule has 0 saturated heterocycles. The quantitative estimate of drug-likeness (QED) is 0.859. The van der Waals surface area contributed by atoms with Crippen LogP contribution in [0.5, 0.6) is 5.88 Å². The van der Waals surface area contributed by atoms with Crippen LogP contribution in [0.25, 0.3) is 0 Å². The molecule has 0 radical (unpaired) electrons. The molecule has 2 rings (SSSR count). The molecule has 5 nitrogen and oxygen atoms in total. The average Bonchev–Trinajstić information content (AvgIpc) is 2.73. The summed E-state index contributed by atoms with van der Waals surface area (Å²) >= 11 is 3.60. The van der Waals surface area contributed by atoms with E-state index >= 15 is 0 Å². The van der Waals surface area contributed by atoms with E-state index in [-0.39, 0.29) is 6.10 Å². The highest BCUT2D eigenvalue weighted by Crippen LogP contribution is 2.25. The highest BCUT2D eigenvalue weighted by atomic mass is 79.9. The van der Waals surface area contributed by atoms with E-state index in [0.29, 0.717) is 12.4 Å². The molecule has 6 heteroatoms. The van der Waals surface area contributed by atoms with Gasteiger partial charge in [0.1, 0.15) is 0 Å². The van der Waals surface area contributed by atoms with Gasteiger partial charge in [-0.3, -0.25) is 4.68 Å². The van der Waals surface area contributed by atoms with Crippen LogP contribution in [-0.2, 0) is 13.1 Å². The zero-order valence-corrected chi connectivity index (χ0v) is 14.4. The van der Waals surface area contributed by atoms with Crippen molar-refractivity contribution in [1.29, 1.82) is 0 Å². The predicted molar refractivity (Wildman–Crippen MR) is 87.7 cm³/mol. The lowest BCUT2D eigenvalue weighted by Gasteiger charge is -2.14. The molecule has 0 amide bonds. The van der Waals surface area contributed by atoms with E-state index in [4.69, 9.17) is 4.74 Å². The fraction of sp³-hybridized carbons (Fsp3) is 0.467. The molecule has 21 heavy (non-hydrogen) atoms. The minimum Gasteiger partial charge on any atom is -0.473 e. The summed E-state index contributed by atoms with van der Waals surface area (Å²) in [4.78, 5) is 4.28. The van der Waals surface area contributed by atoms with Gasteiger partial charge in [-0.2, -0.15) is 5.10 Å². The molecule has 2 aromatic heterocycles. The third-order valence-corrected chi connectivity index (χ3v) is 4.05. The zero-order valence-electron chi connectivity index (χ0n) is 12.9. The number of halogens is 1. The van der Waals surface area contributed by atoms with Crippen molar-refractivity contribution in [3.63, 3.8) is 0 Å². The fourth-order valence-electron chi connectivity index (χ4n) is 2.06. The first-order valence-electron chi connectivity index (χ1n) is 7.10. The first kappa shape index (κ1) is 15.8. The van der Waals surface area contributed by atoms with Crippen LogP contribution in [0.3, 0.4) is 0 Å². The Morgan fingerprint density at radius 3 is 2.86 bits per heavy atom. The number of anilines is 1. The van der Waals surface area contributed by atoms with Crippen LogP contribution in [0.15, 0.2) is 22.8 Å². The highest BCUT2D eigenvalue weighted by molar-refractivity contribution is 9.10. The van der Waals surface area contributed by atoms with Crippen LogP contribution in [0.4, 0.5) is 5.69 Å². The standard InChI is InChI=1S/C15H21BrN4O/c1-5-20-13(14(16)11(4)19-20)9-18-12-7-6-8-17-15(12)21-10(2)3/h6-8,10,18H,5,9H2,1-4H3. The largest absolute Gasteiger partial charge is 0.473 e. The zero-order chi connectivity index (χ0) is 15.4. The summed E-state index contributed by atoms with van der Waals surface area (Å²) in [6, 6.07) is 3.87. The number of rotatable bonds is 6. The highest BCUT2D eigenvalue weighted by Gasteiger charge is 2.13. The number of nitrogens with one attached hydrogen (secondary N) is 1. The van der Waals surface area contributed by atoms with Gasteiger partial charge >= 0.3 is 0 Å². The molecule has 0 aliphatic carbocycles. The minimum atomic E-state index is 0.0931. The van der Waals surface area contributed by atoms with Crippen LogP contribution >= 0.6 is 15.9 Å². The van der Waals surface area contributed by atoms with Gasteiger partial charge in [-0.25, -0.2) is 4.98 Å². The average molecular weight is 353 g/mol. The smallest absolute Gasteiger partial charge is 0.237 e. The van der Waals surface area contributed by atoms with E-state index in [1.165, 1.54) is 0 Å². The molecule has 0 aliphatic rings. The summed E-state index contributed by atoms with van der Waals surface area (Å²) in [5.74, 6) is 0.628. The number of pyridine rings is 1. The summed E-state index contributed by atoms with van der Waals surface area (Å²) in [5.41, 5.74) is 3.01. The first-order chi connectivity index (χ1) is 10.0. The van der Waals surface area contributed by atoms with Crippen molar-refractivity contribution < 1.29 is 4.74 Å². The third-order valence-electron chi connectivity index (χ3n) is 3.02. The van der Waals surface area contributed by atoms with Gasteiger partial charge in [0.2, 0.25) is 5.88 Å². The van der Waals surface area contributed by atoms with E-state index in [1.807, 2.05) is 37.6 Å². The topological polar surface area (TPSA) is 52.0 Å². The van der Waals surface area contributed by atoms with Crippen LogP contribution in [-0.4, -0.2) is 20.9 Å². The number of aromatic nitrogens is 3. The van der Waals surface area contributed by atoms with E-state index in [0.717, 1.165) is 28.1 Å². The van der Waals surface area contributed by atoms with Gasteiger partial charge in [0.15, 0.2) is 0 Å². The van der Waals surface area contributed by atoms with Crippen molar-refractivity contribution in [2.24, 2.45) is 0 Å². The number of hydrogen-bond donors (Lipinski definition) is 1. The van der Waals surface area contributed by atoms with Crippen molar-refractivity contribution in [3.05, 3.63) is 34.2 Å². The first-order valence-corrected chi connectivity index (χ1v) is 7.89. The molecular formula is C15H21BrN4O. The van der Waals surface area contributed by atoms with E-state index < -0.39 is 0 Å². The van der Waals surface area contributed by atoms with E-state index in [9.17, 15) is 0 Å². The maximum Gasteiger partial charge on any atom is 0.237 e. The fourth-order valence-corrected chi connectivity index (χ4v) is 2.48. The molecule has 0 spiro atoms. The number of ether oxygens (including phenoxy) is 1. The summed E-state index contributed by atoms with van der Waals surface area (Å²) in [7, 11) is 0. The molecule has 0 atom stereocenters. The summed E-state index contributed by atoms with van der Waals surface area (Å²) in [6.07, 6.45) is 1.83. The molecule has 0 fully saturated rings. The molecule has 0 aliphatic heterocycles. The second-order valence-corrected chi connectivity index (χ2v) is 5.83. The molecule has 0 unspecified atom stereocenters. The lowest BCUT2D eigenvalue weighted by molar-refractivity contribution is 0.234. The lowest BCUT2D eigenvalue weighted by Crippen LogP contribution is -2.12. The Bertz CT molecular complexity index is 610. The van der Waals surface area contributed by atoms with Gasteiger partial charge in [-0.1, -0.05) is 0 Å². The van der Waals surface area contributed by atoms with Crippen LogP contribution < -0.4 is 10.1 Å². The van der Waals surface area contributed by atoms with Crippen LogP contribution in [0.1, 0.15) is 32.2 Å². The normalized spacial score (nSPS) is 11.0. The Morgan fingerprint density at radius 1 is 1.43 bits per heavy atom. The van der Waals surface area contributed by atoms with E-state index in [2.05, 4.69) is 38.3 Å². The van der Waals surface area contributed by atoms with Crippen molar-refractivity contribution in [2.45, 2.75) is 46.9 Å². The van der Waals surface area contributed by atoms with Crippen molar-refractivity contribution in [3.8, 4) is 5.88 Å². The van der Waals surface area contributed by atoms with E-state index in [1.54, 1.807) is 6.20 Å². The Morgan fingerprint density at radius 2 is 2.19 bits per heavy atom. The van der Waals surface area contributed by atoms with Gasteiger partial charge in [0.25, 0.3) is 0 Å². The van der Waals surface area contributed by atoms with Crippen molar-refractivity contribution in [2.75, 3.05) is 5.32 Å². The molecule has 114 valence electrons. The molecule has 2 heterocycles. The number of nitrogens with zero attached hydrogens (tertiary/aromatic N) is 3. The predicted octanol–water partition coefficient (Wildman–Crippen LogP) is 3.77. The monoisotopic (exact) mass is 352 g/mol. The van der Waals surface area contributed by atoms with Crippen LogP contribution in [0.2, 0.25) is 0 Å². The molecule has 0 bridgehead atoms. The van der Waals surface area contributed by atoms with Gasteiger partial charge < -0.3 is 10.1 Å². The maximum atomic E-state index is 5.72. The number of aryl methyl sites for hydroxylation is 2. The Balaban J connectivity index is 2.17. The van der Waals surface area contributed by atoms with Crippen molar-refractivity contribution in [1.82, 2.24) is 14.8 Å².